The first-order valence-corrected chi connectivity index (χ1v) is 7.59. The molecule has 26 heavy (non-hydrogen) atoms. The first-order chi connectivity index (χ1) is 12.4. The van der Waals surface area contributed by atoms with E-state index in [-0.39, 0.29) is 24.2 Å². The summed E-state index contributed by atoms with van der Waals surface area (Å²) in [5, 5.41) is 13.3. The van der Waals surface area contributed by atoms with Gasteiger partial charge in [-0.05, 0) is 23.8 Å². The minimum absolute atomic E-state index is 0.0406. The van der Waals surface area contributed by atoms with Crippen LogP contribution in [0, 0.1) is 15.9 Å². The van der Waals surface area contributed by atoms with Gasteiger partial charge in [-0.2, -0.15) is 0 Å². The van der Waals surface area contributed by atoms with Gasteiger partial charge in [-0.25, -0.2) is 9.37 Å². The number of hydrogen-bond donors (Lipinski definition) is 1. The van der Waals surface area contributed by atoms with E-state index < -0.39 is 22.2 Å². The summed E-state index contributed by atoms with van der Waals surface area (Å²) in [6.07, 6.45) is 1.23. The third-order valence-electron chi connectivity index (χ3n) is 3.74. The van der Waals surface area contributed by atoms with Gasteiger partial charge in [0.25, 0.3) is 11.2 Å². The summed E-state index contributed by atoms with van der Waals surface area (Å²) in [5.41, 5.74) is 0.468. The van der Waals surface area contributed by atoms with Crippen molar-refractivity contribution in [1.82, 2.24) is 14.9 Å². The lowest BCUT2D eigenvalue weighted by atomic mass is 10.2. The minimum Gasteiger partial charge on any atom is -0.350 e. The van der Waals surface area contributed by atoms with Crippen molar-refractivity contribution in [3.8, 4) is 0 Å². The second-order valence-corrected chi connectivity index (χ2v) is 5.54. The Hall–Kier alpha value is -3.62. The van der Waals surface area contributed by atoms with E-state index in [1.165, 1.54) is 42.7 Å². The maximum absolute atomic E-state index is 13.3. The molecule has 0 fully saturated rings. The maximum Gasteiger partial charge on any atom is 0.269 e. The summed E-state index contributed by atoms with van der Waals surface area (Å²) in [6, 6.07) is 9.43. The maximum atomic E-state index is 13.3. The fourth-order valence-electron chi connectivity index (χ4n) is 2.39. The van der Waals surface area contributed by atoms with Gasteiger partial charge in [-0.1, -0.05) is 12.1 Å². The van der Waals surface area contributed by atoms with E-state index in [1.54, 1.807) is 0 Å². The summed E-state index contributed by atoms with van der Waals surface area (Å²) in [5.74, 6) is -1.00. The lowest BCUT2D eigenvalue weighted by molar-refractivity contribution is -0.384. The molecule has 0 atom stereocenters. The highest BCUT2D eigenvalue weighted by molar-refractivity contribution is 5.79. The van der Waals surface area contributed by atoms with Crippen molar-refractivity contribution in [2.45, 2.75) is 13.1 Å². The van der Waals surface area contributed by atoms with Crippen LogP contribution < -0.4 is 10.9 Å². The van der Waals surface area contributed by atoms with Crippen LogP contribution in [0.15, 0.2) is 53.6 Å². The van der Waals surface area contributed by atoms with Crippen molar-refractivity contribution in [2.75, 3.05) is 0 Å². The molecule has 1 amide bonds. The van der Waals surface area contributed by atoms with Crippen LogP contribution in [0.4, 0.5) is 10.1 Å². The predicted octanol–water partition coefficient (Wildman–Crippen LogP) is 1.76. The molecule has 0 saturated carbocycles. The Kier molecular flexibility index (Phi) is 4.70. The Labute approximate surface area is 146 Å². The van der Waals surface area contributed by atoms with Crippen LogP contribution in [0.1, 0.15) is 5.56 Å². The van der Waals surface area contributed by atoms with Gasteiger partial charge in [-0.3, -0.25) is 24.3 Å². The van der Waals surface area contributed by atoms with Gasteiger partial charge in [0.1, 0.15) is 12.4 Å². The summed E-state index contributed by atoms with van der Waals surface area (Å²) in [7, 11) is 0. The van der Waals surface area contributed by atoms with Gasteiger partial charge in [0.15, 0.2) is 0 Å². The zero-order valence-electron chi connectivity index (χ0n) is 13.4. The molecular formula is C17H13FN4O4. The molecule has 0 bridgehead atoms. The molecular weight excluding hydrogens is 343 g/mol. The Morgan fingerprint density at radius 3 is 2.65 bits per heavy atom. The van der Waals surface area contributed by atoms with Crippen LogP contribution >= 0.6 is 0 Å². The number of halogens is 1. The SMILES string of the molecule is O=C(Cn1cnc2ccc(F)cc2c1=O)NCc1ccc([N+](=O)[O-])cc1. The van der Waals surface area contributed by atoms with Crippen molar-refractivity contribution < 1.29 is 14.1 Å². The number of nitrogens with zero attached hydrogens (tertiary/aromatic N) is 3. The van der Waals surface area contributed by atoms with E-state index in [0.29, 0.717) is 11.1 Å². The third kappa shape index (κ3) is 3.72. The van der Waals surface area contributed by atoms with Gasteiger partial charge in [0, 0.05) is 18.7 Å². The number of fused-ring (bicyclic) bond motifs is 1. The molecule has 3 aromatic rings. The monoisotopic (exact) mass is 356 g/mol. The van der Waals surface area contributed by atoms with E-state index in [4.69, 9.17) is 0 Å². The topological polar surface area (TPSA) is 107 Å². The van der Waals surface area contributed by atoms with Crippen molar-refractivity contribution in [2.24, 2.45) is 0 Å². The summed E-state index contributed by atoms with van der Waals surface area (Å²) in [6.45, 7) is -0.119. The molecule has 0 unspecified atom stereocenters. The third-order valence-corrected chi connectivity index (χ3v) is 3.74. The lowest BCUT2D eigenvalue weighted by Crippen LogP contribution is -2.32. The van der Waals surface area contributed by atoms with Crippen LogP contribution in [-0.2, 0) is 17.9 Å². The number of rotatable bonds is 5. The van der Waals surface area contributed by atoms with Crippen molar-refractivity contribution in [1.29, 1.82) is 0 Å². The number of nitro benzene ring substituents is 1. The fraction of sp³-hybridized carbons (Fsp3) is 0.118. The molecule has 0 aliphatic heterocycles. The van der Waals surface area contributed by atoms with Gasteiger partial charge in [0.2, 0.25) is 5.91 Å². The molecule has 9 heteroatoms. The normalized spacial score (nSPS) is 10.7. The molecule has 1 N–H and O–H groups in total. The average molecular weight is 356 g/mol. The van der Waals surface area contributed by atoms with Crippen molar-refractivity contribution >= 4 is 22.5 Å². The number of amides is 1. The first kappa shape index (κ1) is 17.2. The minimum atomic E-state index is -0.559. The number of carbonyl (C=O) groups is 1. The number of nitro groups is 1. The van der Waals surface area contributed by atoms with Crippen LogP contribution in [0.5, 0.6) is 0 Å². The van der Waals surface area contributed by atoms with Gasteiger partial charge < -0.3 is 5.32 Å². The van der Waals surface area contributed by atoms with Gasteiger partial charge >= 0.3 is 0 Å². The van der Waals surface area contributed by atoms with Gasteiger partial charge in [-0.15, -0.1) is 0 Å². The molecule has 0 aliphatic rings. The number of nitrogens with one attached hydrogen (secondary N) is 1. The number of hydrogen-bond acceptors (Lipinski definition) is 5. The zero-order chi connectivity index (χ0) is 18.7. The van der Waals surface area contributed by atoms with E-state index in [9.17, 15) is 24.1 Å². The smallest absolute Gasteiger partial charge is 0.269 e. The Morgan fingerprint density at radius 1 is 1.23 bits per heavy atom. The van der Waals surface area contributed by atoms with Gasteiger partial charge in [0.05, 0.1) is 22.2 Å². The van der Waals surface area contributed by atoms with E-state index in [0.717, 1.165) is 10.6 Å². The Bertz CT molecular complexity index is 1050. The second kappa shape index (κ2) is 7.09. The number of non-ortho nitro benzene ring substituents is 1. The molecule has 1 heterocycles. The van der Waals surface area contributed by atoms with E-state index >= 15 is 0 Å². The molecule has 0 saturated heterocycles. The molecule has 8 nitrogen and oxygen atoms in total. The van der Waals surface area contributed by atoms with Crippen molar-refractivity contribution in [3.05, 3.63) is 80.6 Å². The highest BCUT2D eigenvalue weighted by atomic mass is 19.1. The zero-order valence-corrected chi connectivity index (χ0v) is 13.4. The summed E-state index contributed by atoms with van der Waals surface area (Å²) < 4.78 is 14.4. The molecule has 3 rings (SSSR count). The fourth-order valence-corrected chi connectivity index (χ4v) is 2.39. The molecule has 0 aliphatic carbocycles. The Morgan fingerprint density at radius 2 is 1.96 bits per heavy atom. The number of benzene rings is 2. The molecule has 2 aromatic carbocycles. The molecule has 1 aromatic heterocycles. The van der Waals surface area contributed by atoms with Crippen LogP contribution in [0.25, 0.3) is 10.9 Å². The summed E-state index contributed by atoms with van der Waals surface area (Å²) >= 11 is 0. The highest BCUT2D eigenvalue weighted by Crippen LogP contribution is 2.11. The van der Waals surface area contributed by atoms with Crippen LogP contribution in [0.3, 0.4) is 0 Å². The Balaban J connectivity index is 1.68. The molecule has 0 radical (unpaired) electrons. The van der Waals surface area contributed by atoms with Crippen molar-refractivity contribution in [3.63, 3.8) is 0 Å². The van der Waals surface area contributed by atoms with E-state index in [1.807, 2.05) is 0 Å². The predicted molar refractivity (Wildman–Crippen MR) is 90.9 cm³/mol. The van der Waals surface area contributed by atoms with Crippen LogP contribution in [0.2, 0.25) is 0 Å². The highest BCUT2D eigenvalue weighted by Gasteiger charge is 2.09. The quantitative estimate of drug-likeness (QED) is 0.554. The number of aromatic nitrogens is 2. The first-order valence-electron chi connectivity index (χ1n) is 7.59. The van der Waals surface area contributed by atoms with Crippen LogP contribution in [-0.4, -0.2) is 20.4 Å². The lowest BCUT2D eigenvalue weighted by Gasteiger charge is -2.08. The summed E-state index contributed by atoms with van der Waals surface area (Å²) in [4.78, 5) is 38.5. The second-order valence-electron chi connectivity index (χ2n) is 5.54. The largest absolute Gasteiger partial charge is 0.350 e. The molecule has 132 valence electrons. The standard InChI is InChI=1S/C17H13FN4O4/c18-12-3-6-15-14(7-12)17(24)21(10-20-15)9-16(23)19-8-11-1-4-13(5-2-11)22(25)26/h1-7,10H,8-9H2,(H,19,23). The molecule has 0 spiro atoms. The number of carbonyl (C=O) groups excluding carboxylic acids is 1. The van der Waals surface area contributed by atoms with E-state index in [2.05, 4.69) is 10.3 Å². The average Bonchev–Trinajstić information content (AvgIpc) is 2.63.